The zero-order valence-corrected chi connectivity index (χ0v) is 17.8. The van der Waals surface area contributed by atoms with Crippen LogP contribution >= 0.6 is 0 Å². The highest BCUT2D eigenvalue weighted by atomic mass is 19.1. The summed E-state index contributed by atoms with van der Waals surface area (Å²) >= 11 is 0. The number of hydrogen-bond donors (Lipinski definition) is 0. The molecule has 4 aromatic rings. The molecule has 0 aliphatic carbocycles. The molecule has 0 radical (unpaired) electrons. The highest BCUT2D eigenvalue weighted by Gasteiger charge is 2.12. The molecule has 4 aromatic carbocycles. The lowest BCUT2D eigenvalue weighted by Gasteiger charge is -2.14. The van der Waals surface area contributed by atoms with E-state index in [-0.39, 0.29) is 5.82 Å². The van der Waals surface area contributed by atoms with E-state index in [1.54, 1.807) is 0 Å². The topological polar surface area (TPSA) is 18.5 Å². The first-order valence-electron chi connectivity index (χ1n) is 10.3. The SMILES string of the molecule is Cc1cc(-c2cc(C)c(OCc3ccccc3)c(F)c2)ccc1OCc1ccccc1. The van der Waals surface area contributed by atoms with Crippen molar-refractivity contribution >= 4 is 0 Å². The summed E-state index contributed by atoms with van der Waals surface area (Å²) in [7, 11) is 0. The Labute approximate surface area is 182 Å². The van der Waals surface area contributed by atoms with E-state index in [0.717, 1.165) is 39.1 Å². The number of aryl methyl sites for hydroxylation is 2. The molecule has 0 saturated carbocycles. The molecule has 0 amide bonds. The van der Waals surface area contributed by atoms with Crippen LogP contribution in [0.3, 0.4) is 0 Å². The van der Waals surface area contributed by atoms with Crippen LogP contribution in [0.4, 0.5) is 4.39 Å². The summed E-state index contributed by atoms with van der Waals surface area (Å²) in [6.07, 6.45) is 0. The monoisotopic (exact) mass is 412 g/mol. The van der Waals surface area contributed by atoms with E-state index in [4.69, 9.17) is 9.47 Å². The van der Waals surface area contributed by atoms with Crippen molar-refractivity contribution in [2.24, 2.45) is 0 Å². The molecule has 0 aliphatic heterocycles. The third kappa shape index (κ3) is 5.13. The summed E-state index contributed by atoms with van der Waals surface area (Å²) in [6, 6.07) is 29.3. The van der Waals surface area contributed by atoms with Gasteiger partial charge in [-0.3, -0.25) is 0 Å². The van der Waals surface area contributed by atoms with Crippen LogP contribution < -0.4 is 9.47 Å². The second-order valence-electron chi connectivity index (χ2n) is 7.63. The van der Waals surface area contributed by atoms with E-state index in [2.05, 4.69) is 0 Å². The van der Waals surface area contributed by atoms with Gasteiger partial charge in [-0.2, -0.15) is 0 Å². The van der Waals surface area contributed by atoms with Crippen LogP contribution in [-0.2, 0) is 13.2 Å². The minimum absolute atomic E-state index is 0.298. The minimum atomic E-state index is -0.354. The Hall–Kier alpha value is -3.59. The molecule has 0 aromatic heterocycles. The first-order chi connectivity index (χ1) is 15.1. The van der Waals surface area contributed by atoms with Crippen LogP contribution in [0.1, 0.15) is 22.3 Å². The predicted molar refractivity (Wildman–Crippen MR) is 123 cm³/mol. The van der Waals surface area contributed by atoms with Crippen molar-refractivity contribution in [3.05, 3.63) is 119 Å². The Bertz CT molecular complexity index is 1130. The maximum atomic E-state index is 14.8. The van der Waals surface area contributed by atoms with E-state index in [1.165, 1.54) is 6.07 Å². The van der Waals surface area contributed by atoms with Crippen molar-refractivity contribution in [1.82, 2.24) is 0 Å². The molecule has 0 N–H and O–H groups in total. The maximum absolute atomic E-state index is 14.8. The van der Waals surface area contributed by atoms with Crippen molar-refractivity contribution in [2.45, 2.75) is 27.1 Å². The van der Waals surface area contributed by atoms with Crippen LogP contribution in [-0.4, -0.2) is 0 Å². The molecule has 0 spiro atoms. The number of benzene rings is 4. The molecular formula is C28H25FO2. The minimum Gasteiger partial charge on any atom is -0.489 e. The van der Waals surface area contributed by atoms with E-state index >= 15 is 0 Å². The van der Waals surface area contributed by atoms with Gasteiger partial charge in [-0.05, 0) is 71.5 Å². The van der Waals surface area contributed by atoms with Crippen LogP contribution in [0.15, 0.2) is 91.0 Å². The second-order valence-corrected chi connectivity index (χ2v) is 7.63. The molecule has 0 aliphatic rings. The van der Waals surface area contributed by atoms with Crippen LogP contribution in [0.25, 0.3) is 11.1 Å². The molecule has 0 fully saturated rings. The van der Waals surface area contributed by atoms with E-state index < -0.39 is 0 Å². The quantitative estimate of drug-likeness (QED) is 0.318. The van der Waals surface area contributed by atoms with Gasteiger partial charge >= 0.3 is 0 Å². The molecular weight excluding hydrogens is 387 g/mol. The maximum Gasteiger partial charge on any atom is 0.165 e. The largest absolute Gasteiger partial charge is 0.489 e. The molecule has 3 heteroatoms. The summed E-state index contributed by atoms with van der Waals surface area (Å²) in [6.45, 7) is 4.73. The van der Waals surface area contributed by atoms with Gasteiger partial charge in [-0.1, -0.05) is 66.7 Å². The van der Waals surface area contributed by atoms with E-state index in [0.29, 0.717) is 19.0 Å². The van der Waals surface area contributed by atoms with Crippen LogP contribution in [0, 0.1) is 19.7 Å². The Balaban J connectivity index is 1.49. The fraction of sp³-hybridized carbons (Fsp3) is 0.143. The summed E-state index contributed by atoms with van der Waals surface area (Å²) in [5.74, 6) is 0.771. The Morgan fingerprint density at radius 3 is 1.77 bits per heavy atom. The van der Waals surface area contributed by atoms with Crippen molar-refractivity contribution in [2.75, 3.05) is 0 Å². The van der Waals surface area contributed by atoms with Crippen LogP contribution in [0.5, 0.6) is 11.5 Å². The lowest BCUT2D eigenvalue weighted by molar-refractivity contribution is 0.288. The summed E-state index contributed by atoms with van der Waals surface area (Å²) in [5.41, 5.74) is 5.67. The second kappa shape index (κ2) is 9.48. The van der Waals surface area contributed by atoms with E-state index in [9.17, 15) is 4.39 Å². The highest BCUT2D eigenvalue weighted by molar-refractivity contribution is 5.68. The lowest BCUT2D eigenvalue weighted by atomic mass is 10.0. The first-order valence-corrected chi connectivity index (χ1v) is 10.3. The van der Waals surface area contributed by atoms with E-state index in [1.807, 2.05) is 98.8 Å². The van der Waals surface area contributed by atoms with Gasteiger partial charge in [0.15, 0.2) is 11.6 Å². The van der Waals surface area contributed by atoms with Gasteiger partial charge in [-0.25, -0.2) is 4.39 Å². The van der Waals surface area contributed by atoms with Gasteiger partial charge in [0, 0.05) is 0 Å². The van der Waals surface area contributed by atoms with Crippen LogP contribution in [0.2, 0.25) is 0 Å². The van der Waals surface area contributed by atoms with Gasteiger partial charge in [0.1, 0.15) is 19.0 Å². The fourth-order valence-corrected chi connectivity index (χ4v) is 3.54. The number of hydrogen-bond acceptors (Lipinski definition) is 2. The normalized spacial score (nSPS) is 10.7. The Morgan fingerprint density at radius 1 is 0.613 bits per heavy atom. The number of ether oxygens (including phenoxy) is 2. The summed E-state index contributed by atoms with van der Waals surface area (Å²) in [5, 5.41) is 0. The van der Waals surface area contributed by atoms with Crippen molar-refractivity contribution in [3.63, 3.8) is 0 Å². The third-order valence-electron chi connectivity index (χ3n) is 5.20. The van der Waals surface area contributed by atoms with Crippen molar-refractivity contribution in [3.8, 4) is 22.6 Å². The van der Waals surface area contributed by atoms with Gasteiger partial charge < -0.3 is 9.47 Å². The lowest BCUT2D eigenvalue weighted by Crippen LogP contribution is -2.00. The Kier molecular flexibility index (Phi) is 6.32. The molecule has 0 saturated heterocycles. The highest BCUT2D eigenvalue weighted by Crippen LogP contribution is 2.32. The van der Waals surface area contributed by atoms with Gasteiger partial charge in [-0.15, -0.1) is 0 Å². The molecule has 2 nitrogen and oxygen atoms in total. The summed E-state index contributed by atoms with van der Waals surface area (Å²) < 4.78 is 26.6. The smallest absolute Gasteiger partial charge is 0.165 e. The van der Waals surface area contributed by atoms with Gasteiger partial charge in [0.25, 0.3) is 0 Å². The molecule has 31 heavy (non-hydrogen) atoms. The van der Waals surface area contributed by atoms with Crippen molar-refractivity contribution in [1.29, 1.82) is 0 Å². The zero-order chi connectivity index (χ0) is 21.6. The number of halogens is 1. The summed E-state index contributed by atoms with van der Waals surface area (Å²) in [4.78, 5) is 0. The number of rotatable bonds is 7. The zero-order valence-electron chi connectivity index (χ0n) is 17.8. The standard InChI is InChI=1S/C28H25FO2/c1-20-15-24(13-14-27(20)30-18-22-9-5-3-6-10-22)25-16-21(2)28(26(29)17-25)31-19-23-11-7-4-8-12-23/h3-17H,18-19H2,1-2H3. The third-order valence-corrected chi connectivity index (χ3v) is 5.20. The fourth-order valence-electron chi connectivity index (χ4n) is 3.54. The molecule has 0 heterocycles. The molecule has 0 bridgehead atoms. The van der Waals surface area contributed by atoms with Crippen molar-refractivity contribution < 1.29 is 13.9 Å². The average molecular weight is 413 g/mol. The first kappa shape index (κ1) is 20.7. The molecule has 156 valence electrons. The van der Waals surface area contributed by atoms with Gasteiger partial charge in [0.2, 0.25) is 0 Å². The average Bonchev–Trinajstić information content (AvgIpc) is 2.79. The van der Waals surface area contributed by atoms with Gasteiger partial charge in [0.05, 0.1) is 0 Å². The Morgan fingerprint density at radius 2 is 1.19 bits per heavy atom. The predicted octanol–water partition coefficient (Wildman–Crippen LogP) is 7.27. The molecule has 0 atom stereocenters. The molecule has 4 rings (SSSR count). The molecule has 0 unspecified atom stereocenters.